The molecule has 0 aromatic heterocycles. The highest BCUT2D eigenvalue weighted by molar-refractivity contribution is 5.97. The molecule has 70 heavy (non-hydrogen) atoms. The van der Waals surface area contributed by atoms with Crippen molar-refractivity contribution in [1.82, 2.24) is 31.5 Å². The van der Waals surface area contributed by atoms with Crippen molar-refractivity contribution in [3.63, 3.8) is 0 Å². The largest absolute Gasteiger partial charge is 0.481 e. The van der Waals surface area contributed by atoms with Gasteiger partial charge in [-0.15, -0.1) is 0 Å². The third-order valence-electron chi connectivity index (χ3n) is 11.2. The van der Waals surface area contributed by atoms with Gasteiger partial charge in [0.25, 0.3) is 0 Å². The number of carboxylic acids is 1. The molecule has 0 radical (unpaired) electrons. The Bertz CT molecular complexity index is 1850. The van der Waals surface area contributed by atoms with Gasteiger partial charge < -0.3 is 119 Å². The molecule has 22 N–H and O–H groups in total. The van der Waals surface area contributed by atoms with Gasteiger partial charge in [-0.05, 0) is 32.6 Å². The highest BCUT2D eigenvalue weighted by Crippen LogP contribution is 2.25. The second-order valence-corrected chi connectivity index (χ2v) is 16.5. The molecule has 0 aliphatic carbocycles. The maximum absolute atomic E-state index is 13.8. The van der Waals surface area contributed by atoms with Crippen LogP contribution in [0.4, 0.5) is 0 Å². The van der Waals surface area contributed by atoms with Crippen LogP contribution in [0.25, 0.3) is 0 Å². The Morgan fingerprint density at radius 1 is 0.729 bits per heavy atom. The molecule has 3 aliphatic heterocycles. The number of hydrogen-bond acceptors (Lipinski definition) is 22. The number of rotatable bonds is 26. The number of carbonyl (C=O) groups is 8. The first-order valence-corrected chi connectivity index (χ1v) is 21.9. The minimum Gasteiger partial charge on any atom is -0.481 e. The maximum Gasteiger partial charge on any atom is 0.305 e. The van der Waals surface area contributed by atoms with Gasteiger partial charge in [0.15, 0.2) is 18.5 Å². The molecule has 3 rings (SSSR count). The number of carboxylic acid groups (broad SMARTS) is 1. The predicted octanol–water partition coefficient (Wildman–Crippen LogP) is -12.0. The zero-order chi connectivity index (χ0) is 52.6. The number of aliphatic imine (C=N–C) groups is 1. The normalized spacial score (nSPS) is 28.7. The average Bonchev–Trinajstić information content (AvgIpc) is 3.82. The number of ether oxygens (including phenoxy) is 4. The molecule has 0 unspecified atom stereocenters. The van der Waals surface area contributed by atoms with Crippen LogP contribution in [0, 0.1) is 0 Å². The molecule has 3 fully saturated rings. The highest BCUT2D eigenvalue weighted by Gasteiger charge is 2.47. The summed E-state index contributed by atoms with van der Waals surface area (Å²) in [6.45, 7) is -2.93. The van der Waals surface area contributed by atoms with Gasteiger partial charge in [0.05, 0.1) is 45.4 Å². The fourth-order valence-electron chi connectivity index (χ4n) is 7.28. The Labute approximate surface area is 398 Å². The van der Waals surface area contributed by atoms with Crippen molar-refractivity contribution in [2.75, 3.05) is 46.0 Å². The fourth-order valence-corrected chi connectivity index (χ4v) is 7.28. The molecular formula is C38H65N11O21. The van der Waals surface area contributed by atoms with E-state index in [9.17, 15) is 84.3 Å². The van der Waals surface area contributed by atoms with E-state index in [1.165, 1.54) is 6.92 Å². The molecule has 0 spiro atoms. The first-order valence-electron chi connectivity index (χ1n) is 21.9. The van der Waals surface area contributed by atoms with Crippen LogP contribution in [0.5, 0.6) is 0 Å². The molecule has 0 bridgehead atoms. The number of aliphatic hydroxyl groups is 8. The van der Waals surface area contributed by atoms with Gasteiger partial charge in [0.2, 0.25) is 41.4 Å². The van der Waals surface area contributed by atoms with Crippen LogP contribution in [0.2, 0.25) is 0 Å². The minimum atomic E-state index is -1.95. The van der Waals surface area contributed by atoms with Crippen molar-refractivity contribution >= 4 is 53.3 Å². The first-order chi connectivity index (χ1) is 32.9. The van der Waals surface area contributed by atoms with Gasteiger partial charge in [-0.3, -0.25) is 43.3 Å². The van der Waals surface area contributed by atoms with Crippen LogP contribution < -0.4 is 49.5 Å². The summed E-state index contributed by atoms with van der Waals surface area (Å²) in [5.74, 6) is -9.14. The molecule has 3 aliphatic rings. The molecule has 3 saturated heterocycles. The Balaban J connectivity index is 1.67. The summed E-state index contributed by atoms with van der Waals surface area (Å²) >= 11 is 0. The molecular weight excluding hydrogens is 946 g/mol. The third kappa shape index (κ3) is 16.8. The summed E-state index contributed by atoms with van der Waals surface area (Å²) in [5, 5.41) is 101. The molecule has 398 valence electrons. The van der Waals surface area contributed by atoms with E-state index in [0.717, 1.165) is 4.90 Å². The van der Waals surface area contributed by atoms with E-state index in [1.807, 2.05) is 0 Å². The number of aliphatic carboxylic acids is 1. The van der Waals surface area contributed by atoms with Crippen LogP contribution in [-0.2, 0) is 57.3 Å². The minimum absolute atomic E-state index is 0.0156. The SMILES string of the molecule is C[C@@H](O[C@@H]1O[C@H](CO)[C@@H](O)[C@H](O)[C@H]1O)[C@H](N)C(=O)NCC(=O)N[C@@H](CCCN=C(N)N)C(=O)NCC(=O)N[C@@H](CC(=O)O)C(=O)N[C@H](CO[C@@H]1O[C@H](CO)[C@@H](O)[C@H](O)[C@H]1O)C(=O)N1CCC[C@H]1C(N)=O. The van der Waals surface area contributed by atoms with Gasteiger partial charge in [0, 0.05) is 13.1 Å². The molecule has 32 heteroatoms. The summed E-state index contributed by atoms with van der Waals surface area (Å²) < 4.78 is 21.5. The maximum atomic E-state index is 13.8. The molecule has 0 aromatic carbocycles. The molecule has 7 amide bonds. The zero-order valence-electron chi connectivity index (χ0n) is 37.9. The van der Waals surface area contributed by atoms with Crippen LogP contribution in [0.3, 0.4) is 0 Å². The lowest BCUT2D eigenvalue weighted by atomic mass is 9.99. The van der Waals surface area contributed by atoms with Crippen molar-refractivity contribution < 1.29 is 103 Å². The van der Waals surface area contributed by atoms with Crippen molar-refractivity contribution in [2.24, 2.45) is 27.9 Å². The summed E-state index contributed by atoms with van der Waals surface area (Å²) in [6.07, 6.45) is -19.0. The summed E-state index contributed by atoms with van der Waals surface area (Å²) in [7, 11) is 0. The second-order valence-electron chi connectivity index (χ2n) is 16.5. The predicted molar refractivity (Wildman–Crippen MR) is 230 cm³/mol. The average molecular weight is 1010 g/mol. The number of primary amides is 1. The number of likely N-dealkylation sites (tertiary alicyclic amines) is 1. The van der Waals surface area contributed by atoms with Crippen molar-refractivity contribution in [1.29, 1.82) is 0 Å². The van der Waals surface area contributed by atoms with Gasteiger partial charge in [0.1, 0.15) is 79.0 Å². The van der Waals surface area contributed by atoms with E-state index in [1.54, 1.807) is 0 Å². The number of nitrogens with two attached hydrogens (primary N) is 4. The van der Waals surface area contributed by atoms with E-state index in [4.69, 9.17) is 41.9 Å². The van der Waals surface area contributed by atoms with Gasteiger partial charge in [-0.25, -0.2) is 0 Å². The zero-order valence-corrected chi connectivity index (χ0v) is 37.9. The summed E-state index contributed by atoms with van der Waals surface area (Å²) in [6, 6.07) is -7.84. The number of nitrogens with one attached hydrogen (secondary N) is 5. The standard InChI is InChI=1S/C38H65N11O21/c1-14(68-37-30(61)28(59)26(57)20(12-51)70-37)24(39)34(65)45-10-21(52)46-15(4-2-6-43-38(41)42)32(63)44-9-22(53)47-16(8-23(54)55)33(64)48-17(35(66)49-7-3-5-18(49)31(40)62)13-67-36-29(60)27(58)25(56)19(11-50)69-36/h14-20,24-30,36-37,50-51,56-61H,2-13,39H2,1H3,(H2,40,62)(H,44,63)(H,45,65)(H,46,52)(H,47,53)(H,48,64)(H,54,55)(H4,41,42,43)/t14-,15+,16+,17-,18+,19-,20-,24+,25-,26-,27+,28+,29-,30-,36-,37-/m1/s1. The Morgan fingerprint density at radius 2 is 1.27 bits per heavy atom. The van der Waals surface area contributed by atoms with E-state index < -0.39 is 184 Å². The van der Waals surface area contributed by atoms with E-state index in [-0.39, 0.29) is 38.3 Å². The van der Waals surface area contributed by atoms with Gasteiger partial charge in [-0.1, -0.05) is 0 Å². The monoisotopic (exact) mass is 1010 g/mol. The Kier molecular flexibility index (Phi) is 23.3. The van der Waals surface area contributed by atoms with E-state index in [0.29, 0.717) is 6.42 Å². The third-order valence-corrected chi connectivity index (χ3v) is 11.2. The summed E-state index contributed by atoms with van der Waals surface area (Å²) in [5.41, 5.74) is 22.1. The van der Waals surface area contributed by atoms with Crippen LogP contribution in [0.15, 0.2) is 4.99 Å². The number of carbonyl (C=O) groups excluding carboxylic acids is 7. The lowest BCUT2D eigenvalue weighted by Crippen LogP contribution is -2.61. The van der Waals surface area contributed by atoms with Gasteiger partial charge >= 0.3 is 5.97 Å². The van der Waals surface area contributed by atoms with Crippen molar-refractivity contribution in [3.05, 3.63) is 0 Å². The van der Waals surface area contributed by atoms with Crippen molar-refractivity contribution in [2.45, 2.75) is 137 Å². The molecule has 0 saturated carbocycles. The molecule has 16 atom stereocenters. The lowest BCUT2D eigenvalue weighted by Gasteiger charge is -2.40. The van der Waals surface area contributed by atoms with Crippen molar-refractivity contribution in [3.8, 4) is 0 Å². The lowest BCUT2D eigenvalue weighted by molar-refractivity contribution is -0.310. The smallest absolute Gasteiger partial charge is 0.305 e. The Hall–Kier alpha value is -5.49. The number of aliphatic hydroxyl groups excluding tert-OH is 8. The van der Waals surface area contributed by atoms with Crippen LogP contribution in [-0.4, -0.2) is 248 Å². The van der Waals surface area contributed by atoms with Crippen LogP contribution >= 0.6 is 0 Å². The summed E-state index contributed by atoms with van der Waals surface area (Å²) in [4.78, 5) is 108. The van der Waals surface area contributed by atoms with E-state index in [2.05, 4.69) is 31.6 Å². The quantitative estimate of drug-likeness (QED) is 0.0217. The number of nitrogens with zero attached hydrogens (tertiary/aromatic N) is 2. The fraction of sp³-hybridized carbons (Fsp3) is 0.763. The highest BCUT2D eigenvalue weighted by atomic mass is 16.7. The van der Waals surface area contributed by atoms with Crippen LogP contribution in [0.1, 0.15) is 39.0 Å². The van der Waals surface area contributed by atoms with E-state index >= 15 is 0 Å². The number of guanidine groups is 1. The molecule has 32 nitrogen and oxygen atoms in total. The molecule has 3 heterocycles. The number of hydrogen-bond donors (Lipinski definition) is 18. The Morgan fingerprint density at radius 3 is 1.81 bits per heavy atom. The first kappa shape index (κ1) is 58.8. The number of amides is 7. The van der Waals surface area contributed by atoms with Gasteiger partial charge in [-0.2, -0.15) is 0 Å². The topological polar surface area (TPSA) is 535 Å². The molecule has 0 aromatic rings. The second kappa shape index (κ2) is 27.8.